The summed E-state index contributed by atoms with van der Waals surface area (Å²) in [4.78, 5) is 11.6. The zero-order valence-electron chi connectivity index (χ0n) is 14.0. The molecule has 0 aliphatic heterocycles. The van der Waals surface area contributed by atoms with Crippen LogP contribution in [0.15, 0.2) is 0 Å². The molecule has 1 atom stereocenters. The van der Waals surface area contributed by atoms with Crippen molar-refractivity contribution in [2.24, 2.45) is 11.8 Å². The first kappa shape index (κ1) is 17.3. The van der Waals surface area contributed by atoms with E-state index in [-0.39, 0.29) is 12.1 Å². The molecule has 0 aromatic rings. The molecule has 4 nitrogen and oxygen atoms in total. The minimum Gasteiger partial charge on any atom is -0.444 e. The van der Waals surface area contributed by atoms with Crippen molar-refractivity contribution >= 4 is 6.09 Å². The van der Waals surface area contributed by atoms with E-state index in [0.29, 0.717) is 6.04 Å². The molecule has 4 heteroatoms. The lowest BCUT2D eigenvalue weighted by atomic mass is 9.73. The first-order chi connectivity index (χ1) is 9.17. The Bertz CT molecular complexity index is 304. The maximum Gasteiger partial charge on any atom is 0.407 e. The third kappa shape index (κ3) is 6.60. The fourth-order valence-corrected chi connectivity index (χ4v) is 2.46. The Balaban J connectivity index is 2.06. The SMILES string of the molecule is CC(CCNC1CC(C(C)C)C1)NC(=O)OC(C)(C)C. The van der Waals surface area contributed by atoms with Crippen LogP contribution >= 0.6 is 0 Å². The first-order valence-corrected chi connectivity index (χ1v) is 7.90. The monoisotopic (exact) mass is 284 g/mol. The van der Waals surface area contributed by atoms with Crippen molar-refractivity contribution in [3.8, 4) is 0 Å². The molecule has 1 fully saturated rings. The van der Waals surface area contributed by atoms with Crippen LogP contribution < -0.4 is 10.6 Å². The summed E-state index contributed by atoms with van der Waals surface area (Å²) in [6.07, 6.45) is 3.20. The average Bonchev–Trinajstić information content (AvgIpc) is 2.17. The number of hydrogen-bond acceptors (Lipinski definition) is 3. The topological polar surface area (TPSA) is 50.4 Å². The van der Waals surface area contributed by atoms with Crippen LogP contribution in [-0.2, 0) is 4.74 Å². The molecule has 1 aliphatic carbocycles. The summed E-state index contributed by atoms with van der Waals surface area (Å²) in [5.41, 5.74) is -0.431. The molecule has 1 unspecified atom stereocenters. The van der Waals surface area contributed by atoms with Crippen molar-refractivity contribution in [1.82, 2.24) is 10.6 Å². The highest BCUT2D eigenvalue weighted by atomic mass is 16.6. The van der Waals surface area contributed by atoms with Gasteiger partial charge in [-0.15, -0.1) is 0 Å². The molecule has 2 N–H and O–H groups in total. The summed E-state index contributed by atoms with van der Waals surface area (Å²) >= 11 is 0. The highest BCUT2D eigenvalue weighted by Crippen LogP contribution is 2.33. The van der Waals surface area contributed by atoms with Crippen molar-refractivity contribution in [3.05, 3.63) is 0 Å². The Morgan fingerprint density at radius 2 is 1.85 bits per heavy atom. The summed E-state index contributed by atoms with van der Waals surface area (Å²) in [6.45, 7) is 13.2. The van der Waals surface area contributed by atoms with E-state index in [1.54, 1.807) is 0 Å². The van der Waals surface area contributed by atoms with E-state index in [1.165, 1.54) is 12.8 Å². The van der Waals surface area contributed by atoms with E-state index in [9.17, 15) is 4.79 Å². The predicted octanol–water partition coefficient (Wildman–Crippen LogP) is 3.31. The van der Waals surface area contributed by atoms with E-state index < -0.39 is 5.60 Å². The van der Waals surface area contributed by atoms with Gasteiger partial charge in [-0.2, -0.15) is 0 Å². The largest absolute Gasteiger partial charge is 0.444 e. The molecule has 0 heterocycles. The number of amides is 1. The standard InChI is InChI=1S/C16H32N2O2/c1-11(2)13-9-14(10-13)17-8-7-12(3)18-15(19)20-16(4,5)6/h11-14,17H,7-10H2,1-6H3,(H,18,19). The first-order valence-electron chi connectivity index (χ1n) is 7.90. The lowest BCUT2D eigenvalue weighted by Gasteiger charge is -2.38. The van der Waals surface area contributed by atoms with Crippen LogP contribution in [0.4, 0.5) is 4.79 Å². The molecule has 1 saturated carbocycles. The maximum absolute atomic E-state index is 11.6. The lowest BCUT2D eigenvalue weighted by Crippen LogP contribution is -2.45. The van der Waals surface area contributed by atoms with Gasteiger partial charge in [-0.3, -0.25) is 0 Å². The van der Waals surface area contributed by atoms with Crippen LogP contribution in [-0.4, -0.2) is 30.3 Å². The molecular formula is C16H32N2O2. The minimum atomic E-state index is -0.431. The Labute approximate surface area is 124 Å². The average molecular weight is 284 g/mol. The number of alkyl carbamates (subject to hydrolysis) is 1. The molecular weight excluding hydrogens is 252 g/mol. The Morgan fingerprint density at radius 1 is 1.25 bits per heavy atom. The second-order valence-electron chi connectivity index (χ2n) is 7.46. The van der Waals surface area contributed by atoms with Gasteiger partial charge < -0.3 is 15.4 Å². The molecule has 0 aromatic heterocycles. The Hall–Kier alpha value is -0.770. The van der Waals surface area contributed by atoms with Crippen LogP contribution in [0, 0.1) is 11.8 Å². The van der Waals surface area contributed by atoms with E-state index in [0.717, 1.165) is 24.8 Å². The molecule has 0 aromatic carbocycles. The van der Waals surface area contributed by atoms with Gasteiger partial charge in [0.2, 0.25) is 0 Å². The van der Waals surface area contributed by atoms with Crippen molar-refractivity contribution < 1.29 is 9.53 Å². The fraction of sp³-hybridized carbons (Fsp3) is 0.938. The van der Waals surface area contributed by atoms with Gasteiger partial charge in [0.05, 0.1) is 0 Å². The number of ether oxygens (including phenoxy) is 1. The highest BCUT2D eigenvalue weighted by molar-refractivity contribution is 5.67. The molecule has 0 spiro atoms. The third-order valence-corrected chi connectivity index (χ3v) is 3.89. The molecule has 0 bridgehead atoms. The van der Waals surface area contributed by atoms with Crippen LogP contribution in [0.2, 0.25) is 0 Å². The van der Waals surface area contributed by atoms with Gasteiger partial charge in [0, 0.05) is 12.1 Å². The number of hydrogen-bond donors (Lipinski definition) is 2. The van der Waals surface area contributed by atoms with E-state index in [1.807, 2.05) is 27.7 Å². The van der Waals surface area contributed by atoms with Crippen molar-refractivity contribution in [2.45, 2.75) is 78.5 Å². The molecule has 1 aliphatic rings. The Morgan fingerprint density at radius 3 is 2.35 bits per heavy atom. The quantitative estimate of drug-likeness (QED) is 0.786. The van der Waals surface area contributed by atoms with Crippen LogP contribution in [0.3, 0.4) is 0 Å². The molecule has 118 valence electrons. The minimum absolute atomic E-state index is 0.137. The van der Waals surface area contributed by atoms with Gasteiger partial charge >= 0.3 is 6.09 Å². The zero-order valence-corrected chi connectivity index (χ0v) is 14.0. The summed E-state index contributed by atoms with van der Waals surface area (Å²) in [5.74, 6) is 1.70. The van der Waals surface area contributed by atoms with Crippen LogP contribution in [0.5, 0.6) is 0 Å². The third-order valence-electron chi connectivity index (χ3n) is 3.89. The second-order valence-corrected chi connectivity index (χ2v) is 7.46. The van der Waals surface area contributed by atoms with Crippen molar-refractivity contribution in [3.63, 3.8) is 0 Å². The number of carbonyl (C=O) groups is 1. The van der Waals surface area contributed by atoms with Gasteiger partial charge in [0.1, 0.15) is 5.60 Å². The van der Waals surface area contributed by atoms with Gasteiger partial charge in [0.15, 0.2) is 0 Å². The van der Waals surface area contributed by atoms with Crippen molar-refractivity contribution in [1.29, 1.82) is 0 Å². The fourth-order valence-electron chi connectivity index (χ4n) is 2.46. The summed E-state index contributed by atoms with van der Waals surface area (Å²) < 4.78 is 5.24. The number of rotatable bonds is 6. The Kier molecular flexibility index (Phi) is 6.31. The molecule has 0 saturated heterocycles. The lowest BCUT2D eigenvalue weighted by molar-refractivity contribution is 0.0506. The van der Waals surface area contributed by atoms with E-state index in [2.05, 4.69) is 24.5 Å². The van der Waals surface area contributed by atoms with Gasteiger partial charge in [-0.05, 0) is 65.3 Å². The summed E-state index contributed by atoms with van der Waals surface area (Å²) in [6, 6.07) is 0.814. The van der Waals surface area contributed by atoms with Gasteiger partial charge in [0.25, 0.3) is 0 Å². The molecule has 1 rings (SSSR count). The summed E-state index contributed by atoms with van der Waals surface area (Å²) in [7, 11) is 0. The number of nitrogens with one attached hydrogen (secondary N) is 2. The van der Waals surface area contributed by atoms with Gasteiger partial charge in [-0.1, -0.05) is 13.8 Å². The molecule has 1 amide bonds. The predicted molar refractivity (Wildman–Crippen MR) is 82.8 cm³/mol. The smallest absolute Gasteiger partial charge is 0.407 e. The van der Waals surface area contributed by atoms with Gasteiger partial charge in [-0.25, -0.2) is 4.79 Å². The van der Waals surface area contributed by atoms with E-state index in [4.69, 9.17) is 4.74 Å². The zero-order chi connectivity index (χ0) is 15.3. The normalized spacial score (nSPS) is 24.1. The van der Waals surface area contributed by atoms with Crippen molar-refractivity contribution in [2.75, 3.05) is 6.54 Å². The van der Waals surface area contributed by atoms with Crippen LogP contribution in [0.1, 0.15) is 60.8 Å². The summed E-state index contributed by atoms with van der Waals surface area (Å²) in [5, 5.41) is 6.44. The van der Waals surface area contributed by atoms with Crippen LogP contribution in [0.25, 0.3) is 0 Å². The maximum atomic E-state index is 11.6. The second kappa shape index (κ2) is 7.30. The molecule has 0 radical (unpaired) electrons. The molecule has 20 heavy (non-hydrogen) atoms. The highest BCUT2D eigenvalue weighted by Gasteiger charge is 2.30. The van der Waals surface area contributed by atoms with E-state index >= 15 is 0 Å². The number of carbonyl (C=O) groups excluding carboxylic acids is 1.